The average Bonchev–Trinajstić information content (AvgIpc) is 2.82. The fourth-order valence-corrected chi connectivity index (χ4v) is 6.08. The first-order valence-electron chi connectivity index (χ1n) is 11.7. The van der Waals surface area contributed by atoms with Crippen molar-refractivity contribution in [3.63, 3.8) is 0 Å². The number of rotatable bonds is 5. The number of nitrogens with one attached hydrogen (secondary N) is 1. The fourth-order valence-electron chi connectivity index (χ4n) is 5.94. The summed E-state index contributed by atoms with van der Waals surface area (Å²) in [4.78, 5) is 53.9. The van der Waals surface area contributed by atoms with Crippen LogP contribution in [-0.2, 0) is 25.6 Å². The third-order valence-electron chi connectivity index (χ3n) is 7.54. The monoisotopic (exact) mass is 593 g/mol. The van der Waals surface area contributed by atoms with Gasteiger partial charge in [-0.05, 0) is 44.5 Å². The number of nitrogens with zero attached hydrogens (tertiary/aromatic N) is 2. The lowest BCUT2D eigenvalue weighted by Gasteiger charge is -2.50. The van der Waals surface area contributed by atoms with Crippen molar-refractivity contribution in [3.05, 3.63) is 34.1 Å². The number of anilines is 2. The molecule has 3 aliphatic rings. The Bertz CT molecular complexity index is 1350. The van der Waals surface area contributed by atoms with Crippen LogP contribution in [-0.4, -0.2) is 99.0 Å². The second kappa shape index (κ2) is 9.40. The van der Waals surface area contributed by atoms with Crippen LogP contribution in [0.25, 0.3) is 5.76 Å². The summed E-state index contributed by atoms with van der Waals surface area (Å²) in [5.74, 6) is -8.74. The van der Waals surface area contributed by atoms with Crippen molar-refractivity contribution >= 4 is 56.5 Å². The number of carbonyl (C=O) groups is 4. The van der Waals surface area contributed by atoms with E-state index in [-0.39, 0.29) is 35.0 Å². The highest BCUT2D eigenvalue weighted by Gasteiger charge is 2.64. The molecule has 0 aromatic heterocycles. The number of amides is 1. The van der Waals surface area contributed by atoms with Gasteiger partial charge in [-0.3, -0.25) is 19.3 Å². The predicted octanol–water partition coefficient (Wildman–Crippen LogP) is 0.963. The second-order valence-electron chi connectivity index (χ2n) is 10.1. The van der Waals surface area contributed by atoms with Crippen LogP contribution in [0.1, 0.15) is 17.5 Å². The number of likely N-dealkylation sites (N-methyl/N-ethyl adjacent to an activating group) is 1. The van der Waals surface area contributed by atoms with Gasteiger partial charge in [0.2, 0.25) is 11.7 Å². The largest absolute Gasteiger partial charge is 0.508 e. The van der Waals surface area contributed by atoms with E-state index in [4.69, 9.17) is 0 Å². The summed E-state index contributed by atoms with van der Waals surface area (Å²) in [6.45, 7) is 0. The molecule has 12 nitrogen and oxygen atoms in total. The number of hydrogen-bond donors (Lipinski definition) is 6. The zero-order chi connectivity index (χ0) is 28.4. The van der Waals surface area contributed by atoms with Gasteiger partial charge in [0.25, 0.3) is 0 Å². The van der Waals surface area contributed by atoms with Crippen LogP contribution in [0.5, 0.6) is 5.75 Å². The topological polar surface area (TPSA) is 188 Å². The second-order valence-corrected chi connectivity index (χ2v) is 10.7. The minimum Gasteiger partial charge on any atom is -0.508 e. The number of halogens is 1. The molecule has 38 heavy (non-hydrogen) atoms. The van der Waals surface area contributed by atoms with Gasteiger partial charge < -0.3 is 35.7 Å². The quantitative estimate of drug-likeness (QED) is 0.162. The van der Waals surface area contributed by atoms with Gasteiger partial charge in [-0.25, -0.2) is 4.79 Å². The number of aliphatic hydroxyl groups is 3. The van der Waals surface area contributed by atoms with Crippen LogP contribution in [0, 0.1) is 11.8 Å². The number of aliphatic carboxylic acids is 1. The van der Waals surface area contributed by atoms with E-state index in [1.54, 1.807) is 19.0 Å². The minimum absolute atomic E-state index is 0.0193. The van der Waals surface area contributed by atoms with Gasteiger partial charge in [0.05, 0.1) is 22.6 Å². The van der Waals surface area contributed by atoms with Crippen LogP contribution >= 0.6 is 15.9 Å². The molecule has 0 heterocycles. The first-order chi connectivity index (χ1) is 17.7. The number of aromatic hydroxyl groups is 1. The Balaban J connectivity index is 1.99. The van der Waals surface area contributed by atoms with Gasteiger partial charge in [-0.1, -0.05) is 15.9 Å². The lowest BCUT2D eigenvalue weighted by Crippen LogP contribution is -2.65. The molecule has 1 aromatic rings. The van der Waals surface area contributed by atoms with Crippen molar-refractivity contribution in [1.29, 1.82) is 0 Å². The SMILES string of the molecule is CN(C)c1cc(NC(=O)CBr)c(O)c2c1CC1CC3C(N(C)C)C(=O)C(C(=O)O)=C(O)C3(O)C(=O)C1=C2O. The highest BCUT2D eigenvalue weighted by atomic mass is 79.9. The summed E-state index contributed by atoms with van der Waals surface area (Å²) < 4.78 is 0. The maximum Gasteiger partial charge on any atom is 0.342 e. The van der Waals surface area contributed by atoms with Crippen LogP contribution < -0.4 is 10.2 Å². The van der Waals surface area contributed by atoms with Crippen LogP contribution in [0.3, 0.4) is 0 Å². The number of aliphatic hydroxyl groups excluding tert-OH is 2. The number of carboxylic acid groups (broad SMARTS) is 1. The maximum atomic E-state index is 13.9. The third kappa shape index (κ3) is 3.79. The Kier molecular flexibility index (Phi) is 6.83. The molecule has 1 fully saturated rings. The number of carbonyl (C=O) groups excluding carboxylic acids is 3. The number of carboxylic acids is 1. The first-order valence-corrected chi connectivity index (χ1v) is 12.8. The molecule has 0 bridgehead atoms. The number of ketones is 2. The number of phenolic OH excluding ortho intramolecular Hbond substituents is 1. The number of Topliss-reactive ketones (excluding diaryl/α,β-unsaturated/α-hetero) is 2. The number of hydrogen-bond acceptors (Lipinski definition) is 10. The summed E-state index contributed by atoms with van der Waals surface area (Å²) >= 11 is 3.03. The first kappa shape index (κ1) is 27.6. The number of benzene rings is 1. The van der Waals surface area contributed by atoms with Gasteiger partial charge >= 0.3 is 5.97 Å². The lowest BCUT2D eigenvalue weighted by atomic mass is 9.57. The van der Waals surface area contributed by atoms with E-state index in [2.05, 4.69) is 21.2 Å². The van der Waals surface area contributed by atoms with E-state index >= 15 is 0 Å². The number of alkyl halides is 1. The third-order valence-corrected chi connectivity index (χ3v) is 8.05. The highest BCUT2D eigenvalue weighted by Crippen LogP contribution is 2.54. The Morgan fingerprint density at radius 3 is 2.32 bits per heavy atom. The summed E-state index contributed by atoms with van der Waals surface area (Å²) in [6.07, 6.45) is 0.0632. The molecule has 13 heteroatoms. The van der Waals surface area contributed by atoms with Crippen molar-refractivity contribution in [2.45, 2.75) is 24.5 Å². The van der Waals surface area contributed by atoms with Crippen LogP contribution in [0.4, 0.5) is 11.4 Å². The predicted molar refractivity (Wildman–Crippen MR) is 139 cm³/mol. The van der Waals surface area contributed by atoms with E-state index in [1.165, 1.54) is 25.1 Å². The normalized spacial score (nSPS) is 26.7. The van der Waals surface area contributed by atoms with E-state index in [0.717, 1.165) is 0 Å². The van der Waals surface area contributed by atoms with Crippen molar-refractivity contribution < 1.29 is 44.7 Å². The minimum atomic E-state index is -2.80. The van der Waals surface area contributed by atoms with Gasteiger partial charge in [0.1, 0.15) is 17.1 Å². The summed E-state index contributed by atoms with van der Waals surface area (Å²) in [5, 5.41) is 56.9. The lowest BCUT2D eigenvalue weighted by molar-refractivity contribution is -0.155. The molecule has 6 N–H and O–H groups in total. The van der Waals surface area contributed by atoms with Gasteiger partial charge in [0.15, 0.2) is 17.1 Å². The number of fused-ring (bicyclic) bond motifs is 3. The summed E-state index contributed by atoms with van der Waals surface area (Å²) in [7, 11) is 6.45. The Morgan fingerprint density at radius 1 is 1.16 bits per heavy atom. The van der Waals surface area contributed by atoms with Gasteiger partial charge in [-0.2, -0.15) is 0 Å². The standard InChI is InChI=1S/C25H28BrN3O9/c1-28(2)13-7-12(27-14(30)8-26)19(31)16-10(13)5-9-6-11-18(29(3)4)21(33)17(24(36)37)23(35)25(11,38)22(34)15(9)20(16)32/h7,9,11,18,31-32,35,38H,5-6,8H2,1-4H3,(H,27,30)(H,36,37). The van der Waals surface area contributed by atoms with Crippen molar-refractivity contribution in [1.82, 2.24) is 4.90 Å². The zero-order valence-electron chi connectivity index (χ0n) is 21.1. The Hall–Kier alpha value is -3.42. The highest BCUT2D eigenvalue weighted by molar-refractivity contribution is 9.09. The molecule has 0 saturated heterocycles. The molecular formula is C25H28BrN3O9. The smallest absolute Gasteiger partial charge is 0.342 e. The molecule has 0 spiro atoms. The molecule has 1 amide bonds. The molecule has 0 aliphatic heterocycles. The zero-order valence-corrected chi connectivity index (χ0v) is 22.7. The molecule has 1 aromatic carbocycles. The number of phenols is 1. The van der Waals surface area contributed by atoms with Crippen molar-refractivity contribution in [3.8, 4) is 5.75 Å². The summed E-state index contributed by atoms with van der Waals surface area (Å²) in [6, 6.07) is 0.300. The molecule has 204 valence electrons. The molecule has 1 saturated carbocycles. The van der Waals surface area contributed by atoms with E-state index < -0.39 is 69.8 Å². The van der Waals surface area contributed by atoms with Gasteiger partial charge in [0, 0.05) is 31.3 Å². The van der Waals surface area contributed by atoms with Gasteiger partial charge in [-0.15, -0.1) is 0 Å². The summed E-state index contributed by atoms with van der Waals surface area (Å²) in [5.41, 5.74) is -3.32. The molecular weight excluding hydrogens is 566 g/mol. The van der Waals surface area contributed by atoms with Crippen molar-refractivity contribution in [2.75, 3.05) is 43.7 Å². The maximum absolute atomic E-state index is 13.9. The van der Waals surface area contributed by atoms with E-state index in [9.17, 15) is 44.7 Å². The average molecular weight is 594 g/mol. The molecule has 4 rings (SSSR count). The van der Waals surface area contributed by atoms with Crippen molar-refractivity contribution in [2.24, 2.45) is 11.8 Å². The fraction of sp³-hybridized carbons (Fsp3) is 0.440. The van der Waals surface area contributed by atoms with Crippen LogP contribution in [0.15, 0.2) is 23.0 Å². The molecule has 3 aliphatic carbocycles. The Morgan fingerprint density at radius 2 is 1.79 bits per heavy atom. The molecule has 4 atom stereocenters. The van der Waals surface area contributed by atoms with E-state index in [0.29, 0.717) is 11.3 Å². The van der Waals surface area contributed by atoms with E-state index in [1.807, 2.05) is 0 Å². The Labute approximate surface area is 226 Å². The molecule has 4 unspecified atom stereocenters. The van der Waals surface area contributed by atoms with Crippen LogP contribution in [0.2, 0.25) is 0 Å². The molecule has 0 radical (unpaired) electrons.